The molecule has 1 aromatic heterocycles. The number of pyridine rings is 1. The van der Waals surface area contributed by atoms with Gasteiger partial charge >= 0.3 is 0 Å². The monoisotopic (exact) mass is 364 g/mol. The minimum Gasteiger partial charge on any atom is -0.247 e. The van der Waals surface area contributed by atoms with Crippen LogP contribution < -0.4 is 5.14 Å². The molecule has 0 spiro atoms. The zero-order valence-corrected chi connectivity index (χ0v) is 10.9. The summed E-state index contributed by atoms with van der Waals surface area (Å²) in [5, 5.41) is 4.78. The van der Waals surface area contributed by atoms with Crippen LogP contribution in [0.25, 0.3) is 0 Å². The molecule has 0 atom stereocenters. The van der Waals surface area contributed by atoms with Crippen LogP contribution in [0.15, 0.2) is 20.2 Å². The van der Waals surface area contributed by atoms with Crippen molar-refractivity contribution < 1.29 is 17.2 Å². The summed E-state index contributed by atoms with van der Waals surface area (Å²) in [5.74, 6) is 0. The summed E-state index contributed by atoms with van der Waals surface area (Å²) < 4.78 is 47.1. The number of nitrogens with two attached hydrogens (primary N) is 1. The molecular formula is C6H4Br2F2N2O2S. The van der Waals surface area contributed by atoms with Crippen LogP contribution in [0, 0.1) is 0 Å². The number of halogens is 4. The van der Waals surface area contributed by atoms with Crippen LogP contribution >= 0.6 is 31.9 Å². The van der Waals surface area contributed by atoms with Gasteiger partial charge in [-0.1, -0.05) is 0 Å². The summed E-state index contributed by atoms with van der Waals surface area (Å²) in [5.41, 5.74) is -0.695. The quantitative estimate of drug-likeness (QED) is 0.816. The SMILES string of the molecule is NS(=O)(=O)c1cnc(Br)c(Br)c1C(F)F. The van der Waals surface area contributed by atoms with Crippen molar-refractivity contribution in [2.75, 3.05) is 0 Å². The van der Waals surface area contributed by atoms with E-state index in [4.69, 9.17) is 5.14 Å². The highest BCUT2D eigenvalue weighted by Gasteiger charge is 2.25. The number of primary sulfonamides is 1. The Morgan fingerprint density at radius 2 is 1.93 bits per heavy atom. The van der Waals surface area contributed by atoms with E-state index < -0.39 is 26.9 Å². The molecule has 84 valence electrons. The molecule has 1 aromatic rings. The van der Waals surface area contributed by atoms with Crippen molar-refractivity contribution in [2.24, 2.45) is 5.14 Å². The summed E-state index contributed by atoms with van der Waals surface area (Å²) in [7, 11) is -4.21. The second-order valence-corrected chi connectivity index (χ2v) is 5.56. The summed E-state index contributed by atoms with van der Waals surface area (Å²) in [6, 6.07) is 0. The lowest BCUT2D eigenvalue weighted by molar-refractivity contribution is 0.146. The molecule has 0 saturated carbocycles. The van der Waals surface area contributed by atoms with Crippen molar-refractivity contribution in [1.82, 2.24) is 4.98 Å². The number of alkyl halides is 2. The van der Waals surface area contributed by atoms with Crippen LogP contribution in [0.2, 0.25) is 0 Å². The van der Waals surface area contributed by atoms with Gasteiger partial charge in [0.1, 0.15) is 9.50 Å². The Bertz CT molecular complexity index is 492. The van der Waals surface area contributed by atoms with Crippen LogP contribution in [0.5, 0.6) is 0 Å². The van der Waals surface area contributed by atoms with Gasteiger partial charge in [0.25, 0.3) is 6.43 Å². The number of hydrogen-bond donors (Lipinski definition) is 1. The van der Waals surface area contributed by atoms with Gasteiger partial charge in [-0.25, -0.2) is 27.3 Å². The van der Waals surface area contributed by atoms with Crippen molar-refractivity contribution in [3.63, 3.8) is 0 Å². The van der Waals surface area contributed by atoms with E-state index in [0.717, 1.165) is 6.20 Å². The first kappa shape index (κ1) is 12.9. The predicted molar refractivity (Wildman–Crippen MR) is 56.0 cm³/mol. The van der Waals surface area contributed by atoms with E-state index in [9.17, 15) is 17.2 Å². The lowest BCUT2D eigenvalue weighted by Gasteiger charge is -2.09. The van der Waals surface area contributed by atoms with Crippen molar-refractivity contribution in [3.05, 3.63) is 20.8 Å². The Kier molecular flexibility index (Phi) is 3.80. The van der Waals surface area contributed by atoms with Gasteiger partial charge in [-0.15, -0.1) is 0 Å². The molecule has 0 aliphatic carbocycles. The highest BCUT2D eigenvalue weighted by atomic mass is 79.9. The Morgan fingerprint density at radius 3 is 2.33 bits per heavy atom. The van der Waals surface area contributed by atoms with E-state index in [1.807, 2.05) is 0 Å². The minimum absolute atomic E-state index is 0.0881. The third kappa shape index (κ3) is 2.71. The average molecular weight is 366 g/mol. The fraction of sp³-hybridized carbons (Fsp3) is 0.167. The minimum atomic E-state index is -4.21. The molecule has 1 rings (SSSR count). The number of sulfonamides is 1. The van der Waals surface area contributed by atoms with Crippen LogP contribution in [0.3, 0.4) is 0 Å². The molecule has 0 aliphatic heterocycles. The molecule has 0 saturated heterocycles. The van der Waals surface area contributed by atoms with Gasteiger partial charge in [0.2, 0.25) is 10.0 Å². The molecule has 1 heterocycles. The topological polar surface area (TPSA) is 73.1 Å². The maximum atomic E-state index is 12.6. The summed E-state index contributed by atoms with van der Waals surface area (Å²) in [4.78, 5) is 2.88. The predicted octanol–water partition coefficient (Wildman–Crippen LogP) is 2.19. The molecule has 0 aliphatic rings. The van der Waals surface area contributed by atoms with Gasteiger partial charge in [0, 0.05) is 6.20 Å². The summed E-state index contributed by atoms with van der Waals surface area (Å²) >= 11 is 5.70. The van der Waals surface area contributed by atoms with Gasteiger partial charge in [0.05, 0.1) is 10.0 Å². The second-order valence-electron chi connectivity index (χ2n) is 2.49. The zero-order chi connectivity index (χ0) is 11.8. The second kappa shape index (κ2) is 4.40. The molecule has 0 bridgehead atoms. The molecule has 4 nitrogen and oxygen atoms in total. The third-order valence-corrected chi connectivity index (χ3v) is 4.38. The van der Waals surface area contributed by atoms with Crippen LogP contribution in [-0.2, 0) is 10.0 Å². The van der Waals surface area contributed by atoms with Crippen LogP contribution in [0.1, 0.15) is 12.0 Å². The van der Waals surface area contributed by atoms with Gasteiger partial charge in [0.15, 0.2) is 0 Å². The third-order valence-electron chi connectivity index (χ3n) is 1.50. The number of rotatable bonds is 2. The average Bonchev–Trinajstić information content (AvgIpc) is 2.06. The lowest BCUT2D eigenvalue weighted by atomic mass is 10.3. The van der Waals surface area contributed by atoms with Gasteiger partial charge in [-0.05, 0) is 31.9 Å². The number of aromatic nitrogens is 1. The van der Waals surface area contributed by atoms with Crippen molar-refractivity contribution in [2.45, 2.75) is 11.3 Å². The molecule has 0 amide bonds. The van der Waals surface area contributed by atoms with Gasteiger partial charge in [-0.3, -0.25) is 0 Å². The molecule has 9 heteroatoms. The fourth-order valence-electron chi connectivity index (χ4n) is 0.891. The largest absolute Gasteiger partial charge is 0.266 e. The molecule has 2 N–H and O–H groups in total. The maximum absolute atomic E-state index is 12.6. The Hall–Kier alpha value is -0.120. The maximum Gasteiger partial charge on any atom is 0.266 e. The van der Waals surface area contributed by atoms with E-state index in [2.05, 4.69) is 36.8 Å². The highest BCUT2D eigenvalue weighted by molar-refractivity contribution is 9.13. The summed E-state index contributed by atoms with van der Waals surface area (Å²) in [6.07, 6.45) is -2.18. The number of hydrogen-bond acceptors (Lipinski definition) is 3. The first-order valence-electron chi connectivity index (χ1n) is 3.40. The van der Waals surface area contributed by atoms with Crippen molar-refractivity contribution >= 4 is 41.9 Å². The Balaban J connectivity index is 3.62. The summed E-state index contributed by atoms with van der Waals surface area (Å²) in [6.45, 7) is 0. The smallest absolute Gasteiger partial charge is 0.247 e. The normalized spacial score (nSPS) is 12.1. The number of nitrogens with zero attached hydrogens (tertiary/aromatic N) is 1. The molecule has 0 fully saturated rings. The Morgan fingerprint density at radius 1 is 1.40 bits per heavy atom. The van der Waals surface area contributed by atoms with E-state index in [-0.39, 0.29) is 9.08 Å². The van der Waals surface area contributed by atoms with Gasteiger partial charge in [-0.2, -0.15) is 0 Å². The van der Waals surface area contributed by atoms with E-state index in [1.54, 1.807) is 0 Å². The first-order valence-corrected chi connectivity index (χ1v) is 6.53. The van der Waals surface area contributed by atoms with E-state index >= 15 is 0 Å². The molecular weight excluding hydrogens is 362 g/mol. The molecule has 0 radical (unpaired) electrons. The van der Waals surface area contributed by atoms with Crippen LogP contribution in [-0.4, -0.2) is 13.4 Å². The van der Waals surface area contributed by atoms with E-state index in [0.29, 0.717) is 0 Å². The molecule has 0 aromatic carbocycles. The Labute approximate surface area is 101 Å². The lowest BCUT2D eigenvalue weighted by Crippen LogP contribution is -2.15. The fourth-order valence-corrected chi connectivity index (χ4v) is 2.52. The standard InChI is InChI=1S/C6H4Br2F2N2O2S/c7-4-3(6(9)10)2(15(11,13)14)1-12-5(4)8/h1,6H,(H2,11,13,14). The van der Waals surface area contributed by atoms with Crippen molar-refractivity contribution in [1.29, 1.82) is 0 Å². The first-order chi connectivity index (χ1) is 6.75. The van der Waals surface area contributed by atoms with E-state index in [1.165, 1.54) is 0 Å². The van der Waals surface area contributed by atoms with Gasteiger partial charge < -0.3 is 0 Å². The van der Waals surface area contributed by atoms with Crippen molar-refractivity contribution in [3.8, 4) is 0 Å². The zero-order valence-electron chi connectivity index (χ0n) is 6.92. The molecule has 15 heavy (non-hydrogen) atoms. The highest BCUT2D eigenvalue weighted by Crippen LogP contribution is 2.35. The molecule has 0 unspecified atom stereocenters. The van der Waals surface area contributed by atoms with Crippen LogP contribution in [0.4, 0.5) is 8.78 Å².